The zero-order chi connectivity index (χ0) is 12.8. The maximum absolute atomic E-state index is 11.6. The predicted octanol–water partition coefficient (Wildman–Crippen LogP) is 2.31. The molecule has 0 unspecified atom stereocenters. The van der Waals surface area contributed by atoms with Crippen LogP contribution >= 0.6 is 0 Å². The Labute approximate surface area is 104 Å². The molecule has 0 aliphatic heterocycles. The van der Waals surface area contributed by atoms with Gasteiger partial charge in [0.2, 0.25) is 0 Å². The number of nitrogens with zero attached hydrogens (tertiary/aromatic N) is 1. The van der Waals surface area contributed by atoms with Gasteiger partial charge in [0.1, 0.15) is 11.1 Å². The van der Waals surface area contributed by atoms with Crippen molar-refractivity contribution in [3.63, 3.8) is 0 Å². The molecule has 1 aliphatic rings. The monoisotopic (exact) mass is 246 g/mol. The number of anilines is 1. The Morgan fingerprint density at radius 1 is 1.39 bits per heavy atom. The van der Waals surface area contributed by atoms with E-state index in [4.69, 9.17) is 10.3 Å². The highest BCUT2D eigenvalue weighted by atomic mass is 16.5. The predicted molar refractivity (Wildman–Crippen MR) is 66.2 cm³/mol. The van der Waals surface area contributed by atoms with Gasteiger partial charge in [-0.3, -0.25) is 4.79 Å². The summed E-state index contributed by atoms with van der Waals surface area (Å²) in [5, 5.41) is 14.3. The molecule has 1 aromatic carbocycles. The molecule has 1 fully saturated rings. The van der Waals surface area contributed by atoms with Crippen molar-refractivity contribution in [2.75, 3.05) is 5.73 Å². The van der Waals surface area contributed by atoms with Gasteiger partial charge in [0, 0.05) is 11.1 Å². The Hall–Kier alpha value is -2.04. The first-order valence-electron chi connectivity index (χ1n) is 6.02. The second-order valence-electron chi connectivity index (χ2n) is 4.88. The molecule has 2 aromatic rings. The van der Waals surface area contributed by atoms with Crippen LogP contribution in [0.3, 0.4) is 0 Å². The fourth-order valence-corrected chi connectivity index (χ4v) is 2.83. The summed E-state index contributed by atoms with van der Waals surface area (Å²) in [6, 6.07) is 5.19. The summed E-state index contributed by atoms with van der Waals surface area (Å²) in [6.07, 6.45) is 3.03. The molecule has 0 bridgehead atoms. The minimum absolute atomic E-state index is 0.523. The van der Waals surface area contributed by atoms with Crippen LogP contribution in [-0.2, 0) is 10.2 Å². The van der Waals surface area contributed by atoms with E-state index in [0.29, 0.717) is 29.8 Å². The minimum atomic E-state index is -0.904. The van der Waals surface area contributed by atoms with Gasteiger partial charge < -0.3 is 15.4 Å². The highest BCUT2D eigenvalue weighted by Crippen LogP contribution is 2.43. The number of hydrogen-bond donors (Lipinski definition) is 2. The maximum Gasteiger partial charge on any atom is 0.315 e. The lowest BCUT2D eigenvalue weighted by Gasteiger charge is -2.20. The number of fused-ring (bicyclic) bond motifs is 1. The molecular weight excluding hydrogens is 232 g/mol. The summed E-state index contributed by atoms with van der Waals surface area (Å²) >= 11 is 0. The Morgan fingerprint density at radius 3 is 2.78 bits per heavy atom. The molecule has 0 atom stereocenters. The van der Waals surface area contributed by atoms with E-state index >= 15 is 0 Å². The maximum atomic E-state index is 11.6. The van der Waals surface area contributed by atoms with Crippen LogP contribution in [0.5, 0.6) is 0 Å². The van der Waals surface area contributed by atoms with Gasteiger partial charge in [-0.1, -0.05) is 18.0 Å². The molecule has 5 heteroatoms. The van der Waals surface area contributed by atoms with Crippen LogP contribution in [0.4, 0.5) is 5.69 Å². The normalized spacial score (nSPS) is 18.2. The molecular formula is C13H14N2O3. The van der Waals surface area contributed by atoms with Gasteiger partial charge in [0.05, 0.1) is 0 Å². The number of nitrogen functional groups attached to an aromatic ring is 1. The van der Waals surface area contributed by atoms with E-state index in [1.54, 1.807) is 18.2 Å². The summed E-state index contributed by atoms with van der Waals surface area (Å²) < 4.78 is 5.22. The Balaban J connectivity index is 2.24. The van der Waals surface area contributed by atoms with Gasteiger partial charge >= 0.3 is 5.97 Å². The molecule has 3 N–H and O–H groups in total. The lowest BCUT2D eigenvalue weighted by Crippen LogP contribution is -2.33. The number of aromatic nitrogens is 1. The molecule has 1 saturated carbocycles. The number of carboxylic acid groups (broad SMARTS) is 1. The summed E-state index contributed by atoms with van der Waals surface area (Å²) in [6.45, 7) is 0. The molecule has 0 spiro atoms. The number of carboxylic acids is 1. The molecule has 1 aromatic heterocycles. The first-order chi connectivity index (χ1) is 8.63. The highest BCUT2D eigenvalue weighted by Gasteiger charge is 2.46. The molecule has 0 saturated heterocycles. The van der Waals surface area contributed by atoms with E-state index < -0.39 is 11.4 Å². The van der Waals surface area contributed by atoms with Crippen LogP contribution < -0.4 is 5.73 Å². The Morgan fingerprint density at radius 2 is 2.11 bits per heavy atom. The zero-order valence-electron chi connectivity index (χ0n) is 9.85. The molecule has 0 amide bonds. The van der Waals surface area contributed by atoms with Crippen molar-refractivity contribution in [2.24, 2.45) is 0 Å². The third-order valence-electron chi connectivity index (χ3n) is 3.81. The molecule has 18 heavy (non-hydrogen) atoms. The van der Waals surface area contributed by atoms with Gasteiger partial charge in [0.15, 0.2) is 5.58 Å². The van der Waals surface area contributed by atoms with Crippen LogP contribution in [0.1, 0.15) is 31.4 Å². The van der Waals surface area contributed by atoms with Crippen molar-refractivity contribution >= 4 is 22.6 Å². The van der Waals surface area contributed by atoms with Crippen LogP contribution in [0.25, 0.3) is 11.0 Å². The fraction of sp³-hybridized carbons (Fsp3) is 0.385. The largest absolute Gasteiger partial charge is 0.481 e. The average molecular weight is 246 g/mol. The summed E-state index contributed by atoms with van der Waals surface area (Å²) in [4.78, 5) is 11.6. The van der Waals surface area contributed by atoms with Gasteiger partial charge in [-0.15, -0.1) is 0 Å². The number of aliphatic carboxylic acids is 1. The molecule has 94 valence electrons. The third kappa shape index (κ3) is 1.40. The average Bonchev–Trinajstić information content (AvgIpc) is 2.94. The Bertz CT molecular complexity index is 612. The van der Waals surface area contributed by atoms with E-state index in [1.807, 2.05) is 0 Å². The fourth-order valence-electron chi connectivity index (χ4n) is 2.83. The first-order valence-corrected chi connectivity index (χ1v) is 6.02. The van der Waals surface area contributed by atoms with Crippen LogP contribution in [0.2, 0.25) is 0 Å². The lowest BCUT2D eigenvalue weighted by atomic mass is 9.81. The quantitative estimate of drug-likeness (QED) is 0.793. The number of hydrogen-bond acceptors (Lipinski definition) is 4. The first kappa shape index (κ1) is 11.1. The minimum Gasteiger partial charge on any atom is -0.481 e. The molecule has 5 nitrogen and oxygen atoms in total. The SMILES string of the molecule is Nc1ccc2onc(C3(C(=O)O)CCCC3)c2c1. The number of carbonyl (C=O) groups is 1. The van der Waals surface area contributed by atoms with Crippen molar-refractivity contribution < 1.29 is 14.4 Å². The lowest BCUT2D eigenvalue weighted by molar-refractivity contribution is -0.143. The molecule has 0 radical (unpaired) electrons. The van der Waals surface area contributed by atoms with Crippen molar-refractivity contribution in [2.45, 2.75) is 31.1 Å². The van der Waals surface area contributed by atoms with E-state index in [0.717, 1.165) is 18.2 Å². The second kappa shape index (κ2) is 3.73. The highest BCUT2D eigenvalue weighted by molar-refractivity contribution is 5.91. The standard InChI is InChI=1S/C13H14N2O3/c14-8-3-4-10-9(7-8)11(15-18-10)13(12(16)17)5-1-2-6-13/h3-4,7H,1-2,5-6,14H2,(H,16,17). The van der Waals surface area contributed by atoms with Crippen LogP contribution in [0, 0.1) is 0 Å². The molecule has 3 rings (SSSR count). The van der Waals surface area contributed by atoms with Crippen molar-refractivity contribution in [1.82, 2.24) is 5.16 Å². The number of nitrogens with two attached hydrogens (primary N) is 1. The van der Waals surface area contributed by atoms with Crippen molar-refractivity contribution in [3.8, 4) is 0 Å². The van der Waals surface area contributed by atoms with Gasteiger partial charge in [-0.25, -0.2) is 0 Å². The van der Waals surface area contributed by atoms with E-state index in [-0.39, 0.29) is 0 Å². The van der Waals surface area contributed by atoms with Gasteiger partial charge in [-0.05, 0) is 31.0 Å². The van der Waals surface area contributed by atoms with Crippen LogP contribution in [-0.4, -0.2) is 16.2 Å². The van der Waals surface area contributed by atoms with E-state index in [2.05, 4.69) is 5.16 Å². The van der Waals surface area contributed by atoms with E-state index in [1.165, 1.54) is 0 Å². The molecule has 1 aliphatic carbocycles. The van der Waals surface area contributed by atoms with Crippen molar-refractivity contribution in [3.05, 3.63) is 23.9 Å². The van der Waals surface area contributed by atoms with Gasteiger partial charge in [0.25, 0.3) is 0 Å². The smallest absolute Gasteiger partial charge is 0.315 e. The number of rotatable bonds is 2. The van der Waals surface area contributed by atoms with Crippen LogP contribution in [0.15, 0.2) is 22.7 Å². The van der Waals surface area contributed by atoms with E-state index in [9.17, 15) is 9.90 Å². The Kier molecular flexibility index (Phi) is 2.29. The second-order valence-corrected chi connectivity index (χ2v) is 4.88. The third-order valence-corrected chi connectivity index (χ3v) is 3.81. The number of benzene rings is 1. The summed E-state index contributed by atoms with van der Waals surface area (Å²) in [7, 11) is 0. The van der Waals surface area contributed by atoms with Crippen molar-refractivity contribution in [1.29, 1.82) is 0 Å². The van der Waals surface area contributed by atoms with Gasteiger partial charge in [-0.2, -0.15) is 0 Å². The summed E-state index contributed by atoms with van der Waals surface area (Å²) in [5.41, 5.74) is 6.55. The molecule has 1 heterocycles. The zero-order valence-corrected chi connectivity index (χ0v) is 9.85. The topological polar surface area (TPSA) is 89.4 Å². The summed E-state index contributed by atoms with van der Waals surface area (Å²) in [5.74, 6) is -0.822.